The van der Waals surface area contributed by atoms with Gasteiger partial charge in [-0.05, 0) is 54.9 Å². The maximum atomic E-state index is 14.7. The molecule has 6 nitrogen and oxygen atoms in total. The van der Waals surface area contributed by atoms with Gasteiger partial charge in [-0.25, -0.2) is 0 Å². The maximum Gasteiger partial charge on any atom is 0.309 e. The Hall–Kier alpha value is -6.86. The van der Waals surface area contributed by atoms with E-state index in [0.717, 1.165) is 21.5 Å². The van der Waals surface area contributed by atoms with Crippen molar-refractivity contribution in [1.82, 2.24) is 10.6 Å². The average molecular weight is 733 g/mol. The van der Waals surface area contributed by atoms with Gasteiger partial charge in [0.25, 0.3) is 0 Å². The second-order valence-electron chi connectivity index (χ2n) is 13.9. The van der Waals surface area contributed by atoms with Crippen molar-refractivity contribution in [3.05, 3.63) is 240 Å². The molecule has 0 aliphatic rings. The molecule has 6 heteroatoms. The number of carbonyl (C=O) groups excluding carboxylic acids is 2. The fraction of sp³-hybridized carbons (Fsp3) is 0.0800. The van der Waals surface area contributed by atoms with E-state index in [1.807, 2.05) is 206 Å². The first-order chi connectivity index (χ1) is 27.4. The van der Waals surface area contributed by atoms with E-state index in [1.54, 1.807) is 0 Å². The number of hydrogen-bond donors (Lipinski definition) is 4. The van der Waals surface area contributed by atoms with Crippen LogP contribution in [0.15, 0.2) is 206 Å². The Morgan fingerprint density at radius 1 is 0.357 bits per heavy atom. The highest BCUT2D eigenvalue weighted by molar-refractivity contribution is 6.35. The molecule has 0 aliphatic heterocycles. The summed E-state index contributed by atoms with van der Waals surface area (Å²) >= 11 is 0. The summed E-state index contributed by atoms with van der Waals surface area (Å²) in [6.07, 6.45) is 0. The topological polar surface area (TPSA) is 98.7 Å². The summed E-state index contributed by atoms with van der Waals surface area (Å²) in [4.78, 5) is 29.4. The summed E-state index contributed by atoms with van der Waals surface area (Å²) in [5.74, 6) is -1.97. The summed E-state index contributed by atoms with van der Waals surface area (Å²) in [7, 11) is 0. The number of nitrogens with one attached hydrogen (secondary N) is 2. The van der Waals surface area contributed by atoms with E-state index in [2.05, 4.69) is 10.6 Å². The van der Waals surface area contributed by atoms with Crippen LogP contribution in [0.3, 0.4) is 0 Å². The number of fused-ring (bicyclic) bond motifs is 2. The van der Waals surface area contributed by atoms with Crippen molar-refractivity contribution < 1.29 is 19.8 Å². The molecule has 0 saturated heterocycles. The van der Waals surface area contributed by atoms with Crippen LogP contribution in [0.2, 0.25) is 0 Å². The molecule has 2 atom stereocenters. The van der Waals surface area contributed by atoms with Crippen LogP contribution in [0, 0.1) is 0 Å². The van der Waals surface area contributed by atoms with Crippen LogP contribution in [0.1, 0.15) is 45.5 Å². The molecule has 2 amide bonds. The molecule has 0 bridgehead atoms. The van der Waals surface area contributed by atoms with Gasteiger partial charge in [-0.15, -0.1) is 0 Å². The minimum atomic E-state index is -1.83. The van der Waals surface area contributed by atoms with Crippen LogP contribution in [-0.4, -0.2) is 22.0 Å². The molecule has 8 aromatic rings. The van der Waals surface area contributed by atoms with Gasteiger partial charge in [0.05, 0.1) is 12.1 Å². The molecule has 0 spiro atoms. The van der Waals surface area contributed by atoms with Crippen LogP contribution >= 0.6 is 0 Å². The predicted octanol–water partition coefficient (Wildman–Crippen LogP) is 8.88. The highest BCUT2D eigenvalue weighted by atomic mass is 16.3. The van der Waals surface area contributed by atoms with Gasteiger partial charge in [0.15, 0.2) is 0 Å². The van der Waals surface area contributed by atoms with Crippen molar-refractivity contribution in [2.45, 2.75) is 23.3 Å². The number of aliphatic hydroxyl groups is 2. The van der Waals surface area contributed by atoms with Crippen molar-refractivity contribution in [3.63, 3.8) is 0 Å². The van der Waals surface area contributed by atoms with Gasteiger partial charge >= 0.3 is 11.8 Å². The number of carbonyl (C=O) groups is 2. The minimum Gasteiger partial charge on any atom is -0.378 e. The van der Waals surface area contributed by atoms with Gasteiger partial charge in [0.1, 0.15) is 11.2 Å². The first kappa shape index (κ1) is 36.1. The second kappa shape index (κ2) is 15.5. The number of amides is 2. The Morgan fingerprint density at radius 3 is 0.946 bits per heavy atom. The third-order valence-corrected chi connectivity index (χ3v) is 10.7. The molecule has 274 valence electrons. The van der Waals surface area contributed by atoms with Gasteiger partial charge in [0.2, 0.25) is 0 Å². The molecule has 0 radical (unpaired) electrons. The quantitative estimate of drug-likeness (QED) is 0.106. The summed E-state index contributed by atoms with van der Waals surface area (Å²) in [6, 6.07) is 61.3. The van der Waals surface area contributed by atoms with E-state index in [1.165, 1.54) is 0 Å². The molecule has 0 aliphatic carbocycles. The lowest BCUT2D eigenvalue weighted by atomic mass is 9.76. The van der Waals surface area contributed by atoms with Gasteiger partial charge in [-0.2, -0.15) is 0 Å². The second-order valence-corrected chi connectivity index (χ2v) is 13.9. The Balaban J connectivity index is 1.28. The molecule has 8 rings (SSSR count). The Morgan fingerprint density at radius 2 is 0.625 bits per heavy atom. The molecular formula is C50H40N2O4. The SMILES string of the molecule is O=C(N[C@H](c1cccc2ccccc12)C(O)(c1ccccc1)c1ccccc1)C(=O)N[C@H](c1cccc2ccccc12)C(O)(c1ccccc1)c1ccccc1. The Bertz CT molecular complexity index is 2340. The number of hydrogen-bond acceptors (Lipinski definition) is 4. The standard InChI is InChI=1S/C50H40N2O4/c53-47(51-45(43-33-17-21-35-19-13-15-31-41(35)43)49(55,37-23-5-1-6-24-37)38-25-7-2-8-26-38)48(54)52-46(44-34-18-22-36-20-14-16-32-42(36)44)50(56,39-27-9-3-10-28-39)40-29-11-4-12-30-40/h1-34,45-46,55-56H,(H,51,53)(H,52,54)/t45-,46-/m1/s1. The molecule has 56 heavy (non-hydrogen) atoms. The van der Waals surface area contributed by atoms with Crippen LogP contribution in [0.25, 0.3) is 21.5 Å². The van der Waals surface area contributed by atoms with Crippen LogP contribution in [0.4, 0.5) is 0 Å². The summed E-state index contributed by atoms with van der Waals surface area (Å²) in [5.41, 5.74) is -0.298. The zero-order valence-corrected chi connectivity index (χ0v) is 30.5. The third-order valence-electron chi connectivity index (χ3n) is 10.7. The van der Waals surface area contributed by atoms with E-state index < -0.39 is 35.1 Å². The number of rotatable bonds is 10. The smallest absolute Gasteiger partial charge is 0.309 e. The summed E-state index contributed by atoms with van der Waals surface area (Å²) in [6.45, 7) is 0. The third kappa shape index (κ3) is 6.62. The zero-order chi connectivity index (χ0) is 38.5. The van der Waals surface area contributed by atoms with E-state index in [0.29, 0.717) is 33.4 Å². The molecule has 0 unspecified atom stereocenters. The van der Waals surface area contributed by atoms with Gasteiger partial charge in [-0.3, -0.25) is 9.59 Å². The Labute approximate surface area is 325 Å². The maximum absolute atomic E-state index is 14.7. The zero-order valence-electron chi connectivity index (χ0n) is 30.5. The fourth-order valence-electron chi connectivity index (χ4n) is 7.98. The largest absolute Gasteiger partial charge is 0.378 e. The molecular weight excluding hydrogens is 693 g/mol. The highest BCUT2D eigenvalue weighted by Crippen LogP contribution is 2.45. The first-order valence-corrected chi connectivity index (χ1v) is 18.6. The minimum absolute atomic E-state index is 0.529. The van der Waals surface area contributed by atoms with E-state index in [-0.39, 0.29) is 0 Å². The molecule has 0 fully saturated rings. The summed E-state index contributed by atoms with van der Waals surface area (Å²) < 4.78 is 0. The van der Waals surface area contributed by atoms with Crippen LogP contribution < -0.4 is 10.6 Å². The molecule has 0 heterocycles. The van der Waals surface area contributed by atoms with Crippen molar-refractivity contribution >= 4 is 33.4 Å². The lowest BCUT2D eigenvalue weighted by molar-refractivity contribution is -0.142. The van der Waals surface area contributed by atoms with Gasteiger partial charge in [-0.1, -0.05) is 206 Å². The molecule has 0 saturated carbocycles. The lowest BCUT2D eigenvalue weighted by Gasteiger charge is -2.40. The van der Waals surface area contributed by atoms with E-state index in [4.69, 9.17) is 0 Å². The van der Waals surface area contributed by atoms with Crippen molar-refractivity contribution in [2.75, 3.05) is 0 Å². The van der Waals surface area contributed by atoms with Crippen LogP contribution in [0.5, 0.6) is 0 Å². The molecule has 4 N–H and O–H groups in total. The fourth-order valence-corrected chi connectivity index (χ4v) is 7.98. The van der Waals surface area contributed by atoms with Crippen LogP contribution in [-0.2, 0) is 20.8 Å². The average Bonchev–Trinajstić information content (AvgIpc) is 3.27. The number of benzene rings is 8. The van der Waals surface area contributed by atoms with E-state index >= 15 is 0 Å². The van der Waals surface area contributed by atoms with Crippen molar-refractivity contribution in [3.8, 4) is 0 Å². The van der Waals surface area contributed by atoms with Gasteiger partial charge < -0.3 is 20.8 Å². The highest BCUT2D eigenvalue weighted by Gasteiger charge is 2.46. The van der Waals surface area contributed by atoms with Crippen molar-refractivity contribution in [1.29, 1.82) is 0 Å². The van der Waals surface area contributed by atoms with Crippen molar-refractivity contribution in [2.24, 2.45) is 0 Å². The summed E-state index contributed by atoms with van der Waals surface area (Å²) in [5, 5.41) is 35.8. The monoisotopic (exact) mass is 732 g/mol. The van der Waals surface area contributed by atoms with E-state index in [9.17, 15) is 19.8 Å². The lowest BCUT2D eigenvalue weighted by Crippen LogP contribution is -2.52. The molecule has 0 aromatic heterocycles. The predicted molar refractivity (Wildman–Crippen MR) is 221 cm³/mol. The Kier molecular flexibility index (Phi) is 9.99. The van der Waals surface area contributed by atoms with Gasteiger partial charge in [0, 0.05) is 0 Å². The molecule has 8 aromatic carbocycles. The normalized spacial score (nSPS) is 12.8. The first-order valence-electron chi connectivity index (χ1n) is 18.6.